The van der Waals surface area contributed by atoms with Gasteiger partial charge in [-0.05, 0) is 31.0 Å². The van der Waals surface area contributed by atoms with E-state index >= 15 is 0 Å². The Labute approximate surface area is 157 Å². The van der Waals surface area contributed by atoms with Gasteiger partial charge in [0.15, 0.2) is 0 Å². The lowest BCUT2D eigenvalue weighted by atomic mass is 9.96. The van der Waals surface area contributed by atoms with Crippen molar-refractivity contribution >= 4 is 23.2 Å². The maximum Gasteiger partial charge on any atom is 0.416 e. The largest absolute Gasteiger partial charge is 0.416 e. The minimum absolute atomic E-state index is 0.0164. The fourth-order valence-corrected chi connectivity index (χ4v) is 2.81. The van der Waals surface area contributed by atoms with Crippen molar-refractivity contribution in [2.45, 2.75) is 46.2 Å². The zero-order valence-electron chi connectivity index (χ0n) is 15.9. The Morgan fingerprint density at radius 2 is 1.74 bits per heavy atom. The number of nitrogens with one attached hydrogen (secondary N) is 2. The Balaban J connectivity index is 2.08. The van der Waals surface area contributed by atoms with E-state index in [0.29, 0.717) is 5.69 Å². The summed E-state index contributed by atoms with van der Waals surface area (Å²) in [5.41, 5.74) is -0.631. The molecular weight excluding hydrogens is 359 g/mol. The van der Waals surface area contributed by atoms with Crippen LogP contribution in [0.2, 0.25) is 0 Å². The van der Waals surface area contributed by atoms with E-state index in [9.17, 15) is 22.8 Å². The van der Waals surface area contributed by atoms with Crippen LogP contribution < -0.4 is 15.5 Å². The fourth-order valence-electron chi connectivity index (χ4n) is 2.81. The average Bonchev–Trinajstić information content (AvgIpc) is 3.07. The van der Waals surface area contributed by atoms with Crippen LogP contribution in [0.3, 0.4) is 0 Å². The first kappa shape index (κ1) is 21.1. The SMILES string of the molecule is CC(C)(C)C(=O)NCCC(=O)Nc1cc(C(F)(F)F)ccc1N1CCCC1. The number of nitrogens with zero attached hydrogens (tertiary/aromatic N) is 1. The van der Waals surface area contributed by atoms with E-state index in [1.807, 2.05) is 4.90 Å². The lowest BCUT2D eigenvalue weighted by Gasteiger charge is -2.23. The zero-order chi connectivity index (χ0) is 20.2. The predicted molar refractivity (Wildman–Crippen MR) is 98.6 cm³/mol. The zero-order valence-corrected chi connectivity index (χ0v) is 15.9. The van der Waals surface area contributed by atoms with Crippen LogP contribution >= 0.6 is 0 Å². The van der Waals surface area contributed by atoms with Crippen molar-refractivity contribution in [1.29, 1.82) is 0 Å². The van der Waals surface area contributed by atoms with Crippen LogP contribution in [0.25, 0.3) is 0 Å². The van der Waals surface area contributed by atoms with Gasteiger partial charge in [0.05, 0.1) is 16.9 Å². The van der Waals surface area contributed by atoms with E-state index in [0.717, 1.165) is 38.1 Å². The molecule has 0 aliphatic carbocycles. The number of amides is 2. The Morgan fingerprint density at radius 1 is 1.11 bits per heavy atom. The Morgan fingerprint density at radius 3 is 2.30 bits per heavy atom. The smallest absolute Gasteiger partial charge is 0.370 e. The van der Waals surface area contributed by atoms with Gasteiger partial charge in [0, 0.05) is 31.5 Å². The van der Waals surface area contributed by atoms with Gasteiger partial charge in [0.2, 0.25) is 11.8 Å². The quantitative estimate of drug-likeness (QED) is 0.811. The molecule has 1 fully saturated rings. The Hall–Kier alpha value is -2.25. The minimum Gasteiger partial charge on any atom is -0.370 e. The molecule has 8 heteroatoms. The number of carbonyl (C=O) groups excluding carboxylic acids is 2. The second-order valence-electron chi connectivity index (χ2n) is 7.73. The lowest BCUT2D eigenvalue weighted by Crippen LogP contribution is -2.36. The van der Waals surface area contributed by atoms with Gasteiger partial charge in [0.1, 0.15) is 0 Å². The van der Waals surface area contributed by atoms with Crippen molar-refractivity contribution < 1.29 is 22.8 Å². The highest BCUT2D eigenvalue weighted by atomic mass is 19.4. The van der Waals surface area contributed by atoms with Gasteiger partial charge >= 0.3 is 6.18 Å². The molecule has 1 heterocycles. The molecule has 0 saturated carbocycles. The molecule has 1 aliphatic heterocycles. The first-order chi connectivity index (χ1) is 12.5. The van der Waals surface area contributed by atoms with Gasteiger partial charge in [-0.2, -0.15) is 13.2 Å². The van der Waals surface area contributed by atoms with Crippen LogP contribution in [0.1, 0.15) is 45.6 Å². The summed E-state index contributed by atoms with van der Waals surface area (Å²) < 4.78 is 39.1. The van der Waals surface area contributed by atoms with Crippen molar-refractivity contribution in [2.75, 3.05) is 29.9 Å². The number of halogens is 3. The molecule has 0 unspecified atom stereocenters. The summed E-state index contributed by atoms with van der Waals surface area (Å²) in [6.45, 7) is 6.89. The predicted octanol–water partition coefficient (Wildman–Crippen LogP) is 3.80. The summed E-state index contributed by atoms with van der Waals surface area (Å²) in [5, 5.41) is 5.23. The van der Waals surface area contributed by atoms with Crippen molar-refractivity contribution in [1.82, 2.24) is 5.32 Å². The molecule has 1 saturated heterocycles. The molecule has 0 bridgehead atoms. The monoisotopic (exact) mass is 385 g/mol. The normalized spacial score (nSPS) is 15.0. The number of hydrogen-bond donors (Lipinski definition) is 2. The molecule has 1 aliphatic rings. The number of carbonyl (C=O) groups is 2. The third kappa shape index (κ3) is 5.87. The highest BCUT2D eigenvalue weighted by Crippen LogP contribution is 2.36. The second kappa shape index (κ2) is 8.19. The molecular formula is C19H26F3N3O2. The van der Waals surface area contributed by atoms with Crippen LogP contribution in [-0.4, -0.2) is 31.4 Å². The third-order valence-corrected chi connectivity index (χ3v) is 4.36. The van der Waals surface area contributed by atoms with Crippen molar-refractivity contribution in [3.63, 3.8) is 0 Å². The Bertz CT molecular complexity index is 690. The van der Waals surface area contributed by atoms with Gasteiger partial charge in [-0.1, -0.05) is 20.8 Å². The van der Waals surface area contributed by atoms with E-state index in [1.165, 1.54) is 6.07 Å². The van der Waals surface area contributed by atoms with E-state index in [2.05, 4.69) is 10.6 Å². The van der Waals surface area contributed by atoms with Gasteiger partial charge in [-0.3, -0.25) is 9.59 Å². The van der Waals surface area contributed by atoms with E-state index < -0.39 is 23.1 Å². The average molecular weight is 385 g/mol. The number of anilines is 2. The summed E-state index contributed by atoms with van der Waals surface area (Å²) in [5.74, 6) is -0.629. The molecule has 2 amide bonds. The summed E-state index contributed by atoms with van der Waals surface area (Å²) in [6, 6.07) is 3.41. The molecule has 5 nitrogen and oxygen atoms in total. The summed E-state index contributed by atoms with van der Waals surface area (Å²) in [4.78, 5) is 26.0. The number of hydrogen-bond acceptors (Lipinski definition) is 3. The standard InChI is InChI=1S/C19H26F3N3O2/c1-18(2,3)17(27)23-9-8-16(26)24-14-12-13(19(20,21)22)6-7-15(14)25-10-4-5-11-25/h6-7,12H,4-5,8-11H2,1-3H3,(H,23,27)(H,24,26). The van der Waals surface area contributed by atoms with Gasteiger partial charge in [-0.15, -0.1) is 0 Å². The van der Waals surface area contributed by atoms with Crippen LogP contribution in [-0.2, 0) is 15.8 Å². The van der Waals surface area contributed by atoms with Crippen LogP contribution in [0.4, 0.5) is 24.5 Å². The third-order valence-electron chi connectivity index (χ3n) is 4.36. The van der Waals surface area contributed by atoms with Crippen molar-refractivity contribution in [3.8, 4) is 0 Å². The van der Waals surface area contributed by atoms with Crippen LogP contribution in [0.5, 0.6) is 0 Å². The molecule has 0 radical (unpaired) electrons. The second-order valence-corrected chi connectivity index (χ2v) is 7.73. The molecule has 150 valence electrons. The summed E-state index contributed by atoms with van der Waals surface area (Å²) in [7, 11) is 0. The maximum atomic E-state index is 13.0. The number of alkyl halides is 3. The van der Waals surface area contributed by atoms with Gasteiger partial charge in [-0.25, -0.2) is 0 Å². The van der Waals surface area contributed by atoms with E-state index in [1.54, 1.807) is 20.8 Å². The van der Waals surface area contributed by atoms with Gasteiger partial charge < -0.3 is 15.5 Å². The molecule has 2 N–H and O–H groups in total. The van der Waals surface area contributed by atoms with Gasteiger partial charge in [0.25, 0.3) is 0 Å². The van der Waals surface area contributed by atoms with Crippen molar-refractivity contribution in [3.05, 3.63) is 23.8 Å². The topological polar surface area (TPSA) is 61.4 Å². The highest BCUT2D eigenvalue weighted by molar-refractivity contribution is 5.95. The molecule has 0 atom stereocenters. The minimum atomic E-state index is -4.48. The first-order valence-electron chi connectivity index (χ1n) is 9.03. The van der Waals surface area contributed by atoms with E-state index in [4.69, 9.17) is 0 Å². The lowest BCUT2D eigenvalue weighted by molar-refractivity contribution is -0.137. The van der Waals surface area contributed by atoms with Crippen molar-refractivity contribution in [2.24, 2.45) is 5.41 Å². The highest BCUT2D eigenvalue weighted by Gasteiger charge is 2.32. The van der Waals surface area contributed by atoms with E-state index in [-0.39, 0.29) is 24.6 Å². The van der Waals surface area contributed by atoms with Crippen LogP contribution in [0, 0.1) is 5.41 Å². The molecule has 1 aromatic carbocycles. The van der Waals surface area contributed by atoms with Crippen LogP contribution in [0.15, 0.2) is 18.2 Å². The summed E-state index contributed by atoms with van der Waals surface area (Å²) in [6.07, 6.45) is -2.57. The fraction of sp³-hybridized carbons (Fsp3) is 0.579. The molecule has 0 aromatic heterocycles. The molecule has 27 heavy (non-hydrogen) atoms. The Kier molecular flexibility index (Phi) is 6.38. The summed E-state index contributed by atoms with van der Waals surface area (Å²) >= 11 is 0. The first-order valence-corrected chi connectivity index (χ1v) is 9.03. The molecule has 1 aromatic rings. The number of rotatable bonds is 5. The molecule has 0 spiro atoms. The maximum absolute atomic E-state index is 13.0. The number of benzene rings is 1. The molecule has 2 rings (SSSR count).